The Morgan fingerprint density at radius 1 is 0.571 bits per heavy atom. The minimum Gasteiger partial charge on any atom is -0.894 e. The molecule has 0 unspecified atom stereocenters. The first-order valence-corrected chi connectivity index (χ1v) is 4.90. The van der Waals surface area contributed by atoms with Crippen molar-refractivity contribution in [2.75, 3.05) is 0 Å². The van der Waals surface area contributed by atoms with Crippen LogP contribution in [-0.4, -0.2) is 96.2 Å². The van der Waals surface area contributed by atoms with Crippen LogP contribution in [0.2, 0.25) is 0 Å². The van der Waals surface area contributed by atoms with E-state index in [0.29, 0.717) is 0 Å². The molecule has 0 amide bonds. The van der Waals surface area contributed by atoms with E-state index in [2.05, 4.69) is 0 Å². The first-order valence-electron chi connectivity index (χ1n) is 1.63. The van der Waals surface area contributed by atoms with Crippen molar-refractivity contribution in [3.05, 3.63) is 0 Å². The largest absolute Gasteiger partial charge is 3.00 e. The molecule has 0 aliphatic rings. The normalized spacial score (nSPS) is 8.57. The predicted molar refractivity (Wildman–Crippen MR) is 28.8 cm³/mol. The quantitative estimate of drug-likeness (QED) is 0.394. The summed E-state index contributed by atoms with van der Waals surface area (Å²) >= 11 is 0. The van der Waals surface area contributed by atoms with Gasteiger partial charge in [0.2, 0.25) is 0 Å². The molecule has 0 saturated heterocycles. The molecule has 0 aromatic carbocycles. The molecular formula is AlCaMgNaO8Si2. The van der Waals surface area contributed by atoms with Crippen LogP contribution in [0, 0.1) is 0 Å². The molecule has 0 radical (unpaired) electrons. The third-order valence-corrected chi connectivity index (χ3v) is 0. The molecule has 0 aromatic rings. The molecule has 14 heteroatoms. The summed E-state index contributed by atoms with van der Waals surface area (Å²) in [6.45, 7) is 0. The van der Waals surface area contributed by atoms with Crippen molar-refractivity contribution >= 4 is 96.2 Å². The topological polar surface area (TPSA) is 184 Å². The Morgan fingerprint density at radius 2 is 0.571 bits per heavy atom. The molecule has 8 nitrogen and oxygen atoms in total. The van der Waals surface area contributed by atoms with Crippen LogP contribution in [0.4, 0.5) is 0 Å². The third-order valence-electron chi connectivity index (χ3n) is 0. The summed E-state index contributed by atoms with van der Waals surface area (Å²) in [5, 5.41) is 0. The fraction of sp³-hybridized carbons (Fsp3) is 0. The van der Waals surface area contributed by atoms with E-state index in [4.69, 9.17) is 38.4 Å². The average molecular weight is 299 g/mol. The number of hydrogen-bond donors (Lipinski definition) is 0. The average Bonchev–Trinajstić information content (AvgIpc) is 1.12. The first kappa shape index (κ1) is 36.1. The van der Waals surface area contributed by atoms with Crippen molar-refractivity contribution in [3.8, 4) is 0 Å². The van der Waals surface area contributed by atoms with Crippen LogP contribution >= 0.6 is 0 Å². The molecular weight excluding hydrogens is 299 g/mol. The fourth-order valence-corrected chi connectivity index (χ4v) is 0. The Hall–Kier alpha value is 3.67. The van der Waals surface area contributed by atoms with Crippen LogP contribution in [-0.2, 0) is 0 Å². The molecule has 14 heavy (non-hydrogen) atoms. The van der Waals surface area contributed by atoms with Gasteiger partial charge in [-0.3, -0.25) is 0 Å². The van der Waals surface area contributed by atoms with Gasteiger partial charge in [-0.25, -0.2) is 0 Å². The zero-order valence-electron chi connectivity index (χ0n) is 7.26. The predicted octanol–water partition coefficient (Wildman–Crippen LogP) is -14.4. The van der Waals surface area contributed by atoms with Gasteiger partial charge in [0.25, 0.3) is 0 Å². The molecule has 0 heterocycles. The van der Waals surface area contributed by atoms with Crippen LogP contribution in [0.1, 0.15) is 0 Å². The third kappa shape index (κ3) is 250. The molecule has 0 rings (SSSR count). The SMILES string of the molecule is [Al+3].[Ca+2].[Mg+2].[Na+].[O-][Si]([O-])([O-])[O-].[O-][Si]([O-])([O-])[O-]. The van der Waals surface area contributed by atoms with Gasteiger partial charge in [-0.1, -0.05) is 0 Å². The van der Waals surface area contributed by atoms with Gasteiger partial charge in [0.15, 0.2) is 0 Å². The first-order chi connectivity index (χ1) is 4.00. The van der Waals surface area contributed by atoms with Crippen molar-refractivity contribution in [2.24, 2.45) is 0 Å². The molecule has 0 spiro atoms. The second kappa shape index (κ2) is 16.7. The minimum atomic E-state index is -5.61. The van der Waals surface area contributed by atoms with Crippen LogP contribution in [0.15, 0.2) is 0 Å². The summed E-state index contributed by atoms with van der Waals surface area (Å²) in [5.74, 6) is 0. The standard InChI is InChI=1S/Al.Ca.Mg.Na.2O4Si/c;;;;2*1-5(2,3)4/q+3;2*+2;+1;2*-4. The monoisotopic (exact) mass is 298 g/mol. The van der Waals surface area contributed by atoms with Crippen molar-refractivity contribution in [1.29, 1.82) is 0 Å². The van der Waals surface area contributed by atoms with E-state index in [1.165, 1.54) is 0 Å². The molecule has 0 aliphatic carbocycles. The zero-order valence-corrected chi connectivity index (χ0v) is 16.0. The van der Waals surface area contributed by atoms with E-state index in [-0.39, 0.29) is 108 Å². The summed E-state index contributed by atoms with van der Waals surface area (Å²) in [6.07, 6.45) is 0. The summed E-state index contributed by atoms with van der Waals surface area (Å²) in [4.78, 5) is 68.6. The number of rotatable bonds is 0. The van der Waals surface area contributed by atoms with Crippen LogP contribution in [0.5, 0.6) is 0 Å². The Labute approximate surface area is 161 Å². The van der Waals surface area contributed by atoms with E-state index in [9.17, 15) is 0 Å². The molecule has 0 fully saturated rings. The van der Waals surface area contributed by atoms with Crippen LogP contribution < -0.4 is 67.9 Å². The van der Waals surface area contributed by atoms with Crippen molar-refractivity contribution in [3.63, 3.8) is 0 Å². The van der Waals surface area contributed by atoms with Crippen molar-refractivity contribution in [1.82, 2.24) is 0 Å². The molecule has 0 bridgehead atoms. The van der Waals surface area contributed by atoms with Crippen LogP contribution in [0.25, 0.3) is 0 Å². The van der Waals surface area contributed by atoms with Gasteiger partial charge >= 0.3 is 108 Å². The fourth-order valence-electron chi connectivity index (χ4n) is 0. The molecule has 64 valence electrons. The van der Waals surface area contributed by atoms with Gasteiger partial charge in [0, 0.05) is 0 Å². The summed E-state index contributed by atoms with van der Waals surface area (Å²) < 4.78 is 0. The molecule has 0 aromatic heterocycles. The molecule has 0 saturated carbocycles. The minimum absolute atomic E-state index is 0. The maximum Gasteiger partial charge on any atom is 3.00 e. The Balaban J connectivity index is -0.0000000178. The summed E-state index contributed by atoms with van der Waals surface area (Å²) in [7, 11) is -11.2. The number of hydrogen-bond acceptors (Lipinski definition) is 8. The molecule has 0 atom stereocenters. The van der Waals surface area contributed by atoms with E-state index in [1.54, 1.807) is 0 Å². The maximum atomic E-state index is 8.58. The van der Waals surface area contributed by atoms with Gasteiger partial charge in [-0.15, -0.1) is 0 Å². The van der Waals surface area contributed by atoms with Crippen LogP contribution in [0.3, 0.4) is 0 Å². The van der Waals surface area contributed by atoms with E-state index in [0.717, 1.165) is 0 Å². The molecule has 0 aliphatic heterocycles. The van der Waals surface area contributed by atoms with Gasteiger partial charge < -0.3 is 56.5 Å². The van der Waals surface area contributed by atoms with E-state index < -0.39 is 18.1 Å². The van der Waals surface area contributed by atoms with Gasteiger partial charge in [0.05, 0.1) is 0 Å². The maximum absolute atomic E-state index is 8.58. The summed E-state index contributed by atoms with van der Waals surface area (Å²) in [6, 6.07) is 0. The van der Waals surface area contributed by atoms with Crippen molar-refractivity contribution < 1.29 is 67.9 Å². The second-order valence-corrected chi connectivity index (χ2v) is 3.00. The van der Waals surface area contributed by atoms with E-state index in [1.807, 2.05) is 0 Å². The summed E-state index contributed by atoms with van der Waals surface area (Å²) in [5.41, 5.74) is 0. The van der Waals surface area contributed by atoms with E-state index >= 15 is 0 Å². The van der Waals surface area contributed by atoms with Gasteiger partial charge in [-0.05, 0) is 0 Å². The second-order valence-electron chi connectivity index (χ2n) is 1.00. The van der Waals surface area contributed by atoms with Crippen molar-refractivity contribution in [2.45, 2.75) is 0 Å². The molecule has 0 N–H and O–H groups in total. The Morgan fingerprint density at radius 3 is 0.571 bits per heavy atom. The van der Waals surface area contributed by atoms with Gasteiger partial charge in [0.1, 0.15) is 0 Å². The Bertz CT molecular complexity index is 70.3. The Kier molecular flexibility index (Phi) is 42.9. The zero-order chi connectivity index (χ0) is 9.00. The van der Waals surface area contributed by atoms with Gasteiger partial charge in [-0.2, -0.15) is 0 Å². The smallest absolute Gasteiger partial charge is 0.894 e.